The first kappa shape index (κ1) is 15.3. The van der Waals surface area contributed by atoms with E-state index in [9.17, 15) is 9.59 Å². The average Bonchev–Trinajstić information content (AvgIpc) is 2.54. The minimum Gasteiger partial charge on any atom is -0.294 e. The number of nitrogens with two attached hydrogens (primary N) is 2. The lowest BCUT2D eigenvalue weighted by Crippen LogP contribution is -2.53. The van der Waals surface area contributed by atoms with E-state index >= 15 is 0 Å². The molecule has 7 heteroatoms. The van der Waals surface area contributed by atoms with E-state index in [-0.39, 0.29) is 11.8 Å². The number of amides is 2. The fraction of sp³-hybridized carbons (Fsp3) is 0.846. The van der Waals surface area contributed by atoms with Gasteiger partial charge in [-0.2, -0.15) is 0 Å². The summed E-state index contributed by atoms with van der Waals surface area (Å²) >= 11 is 0. The van der Waals surface area contributed by atoms with Crippen LogP contribution >= 0.6 is 0 Å². The van der Waals surface area contributed by atoms with Crippen LogP contribution in [0.15, 0.2) is 0 Å². The quantitative estimate of drug-likeness (QED) is 0.256. The Balaban J connectivity index is 2.35. The third-order valence-electron chi connectivity index (χ3n) is 4.96. The Hall–Kier alpha value is -1.08. The number of carbonyl (C=O) groups excluding carboxylic acids is 2. The minimum atomic E-state index is -0.621. The van der Waals surface area contributed by atoms with Gasteiger partial charge in [-0.3, -0.25) is 20.4 Å². The molecular formula is C13H24BN4O2. The van der Waals surface area contributed by atoms with Gasteiger partial charge in [-0.1, -0.05) is 32.1 Å². The summed E-state index contributed by atoms with van der Waals surface area (Å²) < 4.78 is 0. The number of hydrazine groups is 2. The van der Waals surface area contributed by atoms with Crippen molar-refractivity contribution in [2.75, 3.05) is 0 Å². The smallest absolute Gasteiger partial charge is 0.232 e. The highest BCUT2D eigenvalue weighted by Crippen LogP contribution is 2.55. The third kappa shape index (κ3) is 2.69. The lowest BCUT2D eigenvalue weighted by molar-refractivity contribution is -0.126. The van der Waals surface area contributed by atoms with Crippen molar-refractivity contribution in [2.45, 2.75) is 68.4 Å². The van der Waals surface area contributed by atoms with Crippen LogP contribution in [0.3, 0.4) is 0 Å². The Labute approximate surface area is 120 Å². The Morgan fingerprint density at radius 1 is 0.750 bits per heavy atom. The predicted octanol–water partition coefficient (Wildman–Crippen LogP) is 0.526. The SMILES string of the molecule is NNC(=O)C12[B]C(C(=O)NN)(CCCCCC1)CCC2. The molecule has 2 fully saturated rings. The van der Waals surface area contributed by atoms with Crippen molar-refractivity contribution >= 4 is 19.1 Å². The second kappa shape index (κ2) is 6.14. The van der Waals surface area contributed by atoms with E-state index in [1.165, 1.54) is 0 Å². The van der Waals surface area contributed by atoms with Crippen LogP contribution in [-0.4, -0.2) is 19.1 Å². The lowest BCUT2D eigenvalue weighted by atomic mass is 9.31. The summed E-state index contributed by atoms with van der Waals surface area (Å²) in [6.07, 6.45) is 8.05. The van der Waals surface area contributed by atoms with Crippen molar-refractivity contribution in [1.82, 2.24) is 10.9 Å². The van der Waals surface area contributed by atoms with Crippen LogP contribution in [0.5, 0.6) is 0 Å². The molecule has 0 aromatic heterocycles. The van der Waals surface area contributed by atoms with E-state index in [4.69, 9.17) is 11.7 Å². The van der Waals surface area contributed by atoms with Crippen molar-refractivity contribution in [3.63, 3.8) is 0 Å². The molecule has 20 heavy (non-hydrogen) atoms. The molecule has 2 atom stereocenters. The molecule has 0 aromatic carbocycles. The maximum atomic E-state index is 12.3. The molecule has 0 aliphatic carbocycles. The van der Waals surface area contributed by atoms with Gasteiger partial charge in [0, 0.05) is 10.6 Å². The van der Waals surface area contributed by atoms with E-state index in [1.807, 2.05) is 7.28 Å². The largest absolute Gasteiger partial charge is 0.294 e. The molecular weight excluding hydrogens is 255 g/mol. The number of fused-ring (bicyclic) bond motifs is 2. The van der Waals surface area contributed by atoms with Gasteiger partial charge in [0.05, 0.1) is 0 Å². The van der Waals surface area contributed by atoms with E-state index < -0.39 is 10.6 Å². The molecule has 2 heterocycles. The number of rotatable bonds is 2. The zero-order valence-corrected chi connectivity index (χ0v) is 11.9. The number of hydrogen-bond acceptors (Lipinski definition) is 4. The third-order valence-corrected chi connectivity index (χ3v) is 4.96. The molecule has 6 nitrogen and oxygen atoms in total. The van der Waals surface area contributed by atoms with Crippen LogP contribution in [0.2, 0.25) is 10.6 Å². The van der Waals surface area contributed by atoms with Gasteiger partial charge in [0.1, 0.15) is 0 Å². The Morgan fingerprint density at radius 3 is 1.55 bits per heavy atom. The zero-order valence-electron chi connectivity index (χ0n) is 11.9. The molecule has 6 N–H and O–H groups in total. The van der Waals surface area contributed by atoms with Gasteiger partial charge in [-0.05, 0) is 25.7 Å². The standard InChI is InChI=1S/C13H24BN4O2/c15-17-10(19)12-6-3-1-2-4-7-13(14-12,9-5-8-12)11(20)18-16/h1-9,15-16H2,(H,17,19)(H,18,20). The highest BCUT2D eigenvalue weighted by molar-refractivity contribution is 6.56. The van der Waals surface area contributed by atoms with E-state index in [0.29, 0.717) is 0 Å². The Morgan fingerprint density at radius 2 is 1.15 bits per heavy atom. The highest BCUT2D eigenvalue weighted by Gasteiger charge is 2.52. The summed E-state index contributed by atoms with van der Waals surface area (Å²) in [6, 6.07) is 0. The van der Waals surface area contributed by atoms with Crippen molar-refractivity contribution in [2.24, 2.45) is 11.7 Å². The van der Waals surface area contributed by atoms with Crippen LogP contribution in [0.25, 0.3) is 0 Å². The lowest BCUT2D eigenvalue weighted by Gasteiger charge is -2.44. The van der Waals surface area contributed by atoms with Gasteiger partial charge in [-0.25, -0.2) is 11.7 Å². The summed E-state index contributed by atoms with van der Waals surface area (Å²) in [5.41, 5.74) is 4.58. The Bertz CT molecular complexity index is 359. The van der Waals surface area contributed by atoms with Crippen LogP contribution in [0.1, 0.15) is 57.8 Å². The summed E-state index contributed by atoms with van der Waals surface area (Å²) in [6.45, 7) is 0. The molecule has 2 rings (SSSR count). The molecule has 2 unspecified atom stereocenters. The normalized spacial score (nSPS) is 33.9. The molecule has 111 valence electrons. The first-order chi connectivity index (χ1) is 9.58. The monoisotopic (exact) mass is 279 g/mol. The van der Waals surface area contributed by atoms with Crippen LogP contribution in [0, 0.1) is 0 Å². The summed E-state index contributed by atoms with van der Waals surface area (Å²) in [5.74, 6) is 10.4. The van der Waals surface area contributed by atoms with Crippen LogP contribution in [-0.2, 0) is 9.59 Å². The van der Waals surface area contributed by atoms with E-state index in [2.05, 4.69) is 10.9 Å². The topological polar surface area (TPSA) is 110 Å². The zero-order chi connectivity index (χ0) is 14.6. The molecule has 2 aliphatic heterocycles. The van der Waals surface area contributed by atoms with Gasteiger partial charge in [0.25, 0.3) is 0 Å². The predicted molar refractivity (Wildman–Crippen MR) is 77.4 cm³/mol. The summed E-state index contributed by atoms with van der Waals surface area (Å²) in [7, 11) is 1.96. The molecule has 1 radical (unpaired) electrons. The molecule has 0 spiro atoms. The second-order valence-electron chi connectivity index (χ2n) is 6.17. The van der Waals surface area contributed by atoms with Crippen LogP contribution in [0.4, 0.5) is 0 Å². The molecule has 2 amide bonds. The van der Waals surface area contributed by atoms with E-state index in [1.54, 1.807) is 0 Å². The molecule has 2 aliphatic rings. The molecule has 0 aromatic rings. The van der Waals surface area contributed by atoms with Gasteiger partial charge >= 0.3 is 0 Å². The first-order valence-corrected chi connectivity index (χ1v) is 7.48. The van der Waals surface area contributed by atoms with Crippen molar-refractivity contribution < 1.29 is 9.59 Å². The summed E-state index contributed by atoms with van der Waals surface area (Å²) in [4.78, 5) is 24.6. The number of hydrogen-bond donors (Lipinski definition) is 4. The van der Waals surface area contributed by atoms with Crippen molar-refractivity contribution in [3.05, 3.63) is 0 Å². The number of carbonyl (C=O) groups is 2. The fourth-order valence-corrected chi connectivity index (χ4v) is 3.89. The molecule has 2 bridgehead atoms. The van der Waals surface area contributed by atoms with Gasteiger partial charge in [0.15, 0.2) is 7.28 Å². The number of nitrogens with one attached hydrogen (secondary N) is 2. The Kier molecular flexibility index (Phi) is 4.70. The van der Waals surface area contributed by atoms with E-state index in [0.717, 1.165) is 57.8 Å². The fourth-order valence-electron chi connectivity index (χ4n) is 3.89. The van der Waals surface area contributed by atoms with Crippen molar-refractivity contribution in [3.8, 4) is 0 Å². The first-order valence-electron chi connectivity index (χ1n) is 7.48. The maximum absolute atomic E-state index is 12.3. The van der Waals surface area contributed by atoms with Crippen LogP contribution < -0.4 is 22.5 Å². The highest BCUT2D eigenvalue weighted by atomic mass is 16.2. The van der Waals surface area contributed by atoms with Gasteiger partial charge < -0.3 is 0 Å². The maximum Gasteiger partial charge on any atom is 0.232 e. The second-order valence-corrected chi connectivity index (χ2v) is 6.17. The van der Waals surface area contributed by atoms with Gasteiger partial charge in [-0.15, -0.1) is 0 Å². The average molecular weight is 279 g/mol. The minimum absolute atomic E-state index is 0.173. The molecule has 0 saturated carbocycles. The summed E-state index contributed by atoms with van der Waals surface area (Å²) in [5, 5.41) is -1.24. The van der Waals surface area contributed by atoms with Crippen molar-refractivity contribution in [1.29, 1.82) is 0 Å². The van der Waals surface area contributed by atoms with Gasteiger partial charge in [0.2, 0.25) is 11.8 Å². The molecule has 2 saturated heterocycles.